The molecule has 6 heteroatoms. The number of piperidine rings is 1. The molecule has 0 unspecified atom stereocenters. The average Bonchev–Trinajstić information content (AvgIpc) is 2.37. The quantitative estimate of drug-likeness (QED) is 0.862. The van der Waals surface area contributed by atoms with E-state index in [0.29, 0.717) is 24.9 Å². The number of benzene rings is 1. The zero-order valence-corrected chi connectivity index (χ0v) is 12.8. The molecule has 0 amide bonds. The van der Waals surface area contributed by atoms with Crippen molar-refractivity contribution < 1.29 is 17.5 Å². The highest BCUT2D eigenvalue weighted by Gasteiger charge is 2.33. The molecule has 0 aliphatic carbocycles. The molecule has 0 saturated carbocycles. The Hall–Kier alpha value is -1.14. The lowest BCUT2D eigenvalue weighted by Gasteiger charge is -2.34. The molecule has 0 radical (unpaired) electrons. The molecule has 1 aliphatic rings. The fraction of sp³-hybridized carbons (Fsp3) is 0.571. The van der Waals surface area contributed by atoms with E-state index in [4.69, 9.17) is 4.74 Å². The normalized spacial score (nSPS) is 24.6. The second-order valence-electron chi connectivity index (χ2n) is 5.56. The maximum Gasteiger partial charge on any atom is 0.246 e. The molecule has 1 aliphatic heterocycles. The van der Waals surface area contributed by atoms with Gasteiger partial charge >= 0.3 is 0 Å². The van der Waals surface area contributed by atoms with Crippen LogP contribution >= 0.6 is 0 Å². The summed E-state index contributed by atoms with van der Waals surface area (Å²) in [5.74, 6) is 0.195. The smallest absolute Gasteiger partial charge is 0.246 e. The molecular formula is C14H20FNO3S. The van der Waals surface area contributed by atoms with Crippen molar-refractivity contribution in [1.29, 1.82) is 0 Å². The lowest BCUT2D eigenvalue weighted by Crippen LogP contribution is -2.42. The zero-order chi connectivity index (χ0) is 14.9. The predicted molar refractivity (Wildman–Crippen MR) is 74.7 cm³/mol. The number of nitrogens with zero attached hydrogens (tertiary/aromatic N) is 1. The molecule has 1 fully saturated rings. The van der Waals surface area contributed by atoms with Gasteiger partial charge in [-0.25, -0.2) is 12.8 Å². The number of hydrogen-bond acceptors (Lipinski definition) is 3. The standard InChI is InChI=1S/C14H20FNO3S/c1-10-6-11(2)9-16(8-10)20(17,18)14-7-12(15)4-5-13(14)19-3/h4-5,7,10-11H,6,8-9H2,1-3H3/t10-,11+. The Balaban J connectivity index is 2.42. The van der Waals surface area contributed by atoms with Crippen LogP contribution in [0.3, 0.4) is 0 Å². The number of rotatable bonds is 3. The minimum Gasteiger partial charge on any atom is -0.495 e. The number of sulfonamides is 1. The van der Waals surface area contributed by atoms with Gasteiger partial charge < -0.3 is 4.74 Å². The van der Waals surface area contributed by atoms with Gasteiger partial charge in [0.15, 0.2) is 0 Å². The van der Waals surface area contributed by atoms with Crippen molar-refractivity contribution in [2.45, 2.75) is 25.2 Å². The SMILES string of the molecule is COc1ccc(F)cc1S(=O)(=O)N1C[C@H](C)C[C@H](C)C1. The monoisotopic (exact) mass is 301 g/mol. The van der Waals surface area contributed by atoms with Crippen LogP contribution in [0.5, 0.6) is 5.75 Å². The maximum absolute atomic E-state index is 13.4. The Morgan fingerprint density at radius 3 is 2.40 bits per heavy atom. The highest BCUT2D eigenvalue weighted by Crippen LogP contribution is 2.31. The molecule has 1 aromatic rings. The van der Waals surface area contributed by atoms with E-state index in [9.17, 15) is 12.8 Å². The van der Waals surface area contributed by atoms with Crippen molar-refractivity contribution >= 4 is 10.0 Å². The van der Waals surface area contributed by atoms with Crippen LogP contribution in [-0.4, -0.2) is 32.9 Å². The molecular weight excluding hydrogens is 281 g/mol. The Morgan fingerprint density at radius 1 is 1.25 bits per heavy atom. The molecule has 1 aromatic carbocycles. The highest BCUT2D eigenvalue weighted by atomic mass is 32.2. The van der Waals surface area contributed by atoms with Crippen molar-refractivity contribution in [2.24, 2.45) is 11.8 Å². The van der Waals surface area contributed by atoms with Gasteiger partial charge in [0.1, 0.15) is 16.5 Å². The lowest BCUT2D eigenvalue weighted by atomic mass is 9.94. The number of hydrogen-bond donors (Lipinski definition) is 0. The third-order valence-corrected chi connectivity index (χ3v) is 5.43. The van der Waals surface area contributed by atoms with E-state index in [0.717, 1.165) is 12.5 Å². The number of halogens is 1. The van der Waals surface area contributed by atoms with Crippen LogP contribution < -0.4 is 4.74 Å². The van der Waals surface area contributed by atoms with Gasteiger partial charge in [-0.15, -0.1) is 0 Å². The van der Waals surface area contributed by atoms with Crippen LogP contribution in [0.25, 0.3) is 0 Å². The van der Waals surface area contributed by atoms with Crippen molar-refractivity contribution in [3.8, 4) is 5.75 Å². The van der Waals surface area contributed by atoms with E-state index in [-0.39, 0.29) is 10.6 Å². The second-order valence-corrected chi connectivity index (χ2v) is 7.47. The minimum atomic E-state index is -3.72. The summed E-state index contributed by atoms with van der Waals surface area (Å²) in [6.45, 7) is 4.99. The van der Waals surface area contributed by atoms with Gasteiger partial charge in [-0.1, -0.05) is 13.8 Å². The van der Waals surface area contributed by atoms with Crippen LogP contribution in [0, 0.1) is 17.7 Å². The van der Waals surface area contributed by atoms with Crippen LogP contribution in [0.1, 0.15) is 20.3 Å². The zero-order valence-electron chi connectivity index (χ0n) is 12.0. The van der Waals surface area contributed by atoms with E-state index in [1.807, 2.05) is 13.8 Å². The Labute approximate surface area is 119 Å². The first-order valence-electron chi connectivity index (χ1n) is 6.68. The van der Waals surface area contributed by atoms with Crippen LogP contribution in [0.2, 0.25) is 0 Å². The molecule has 112 valence electrons. The van der Waals surface area contributed by atoms with Gasteiger partial charge in [0.2, 0.25) is 10.0 Å². The molecule has 2 atom stereocenters. The molecule has 1 saturated heterocycles. The summed E-state index contributed by atoms with van der Waals surface area (Å²) in [4.78, 5) is -0.0960. The first-order valence-corrected chi connectivity index (χ1v) is 8.12. The van der Waals surface area contributed by atoms with E-state index < -0.39 is 15.8 Å². The first kappa shape index (κ1) is 15.3. The van der Waals surface area contributed by atoms with Crippen molar-refractivity contribution in [2.75, 3.05) is 20.2 Å². The maximum atomic E-state index is 13.4. The van der Waals surface area contributed by atoms with E-state index >= 15 is 0 Å². The molecule has 4 nitrogen and oxygen atoms in total. The topological polar surface area (TPSA) is 46.6 Å². The Kier molecular flexibility index (Phi) is 4.34. The molecule has 20 heavy (non-hydrogen) atoms. The fourth-order valence-electron chi connectivity index (χ4n) is 2.79. The first-order chi connectivity index (χ1) is 9.34. The summed E-state index contributed by atoms with van der Waals surface area (Å²) in [6.07, 6.45) is 1.01. The average molecular weight is 301 g/mol. The van der Waals surface area contributed by atoms with Crippen LogP contribution in [-0.2, 0) is 10.0 Å². The highest BCUT2D eigenvalue weighted by molar-refractivity contribution is 7.89. The molecule has 0 aromatic heterocycles. The van der Waals surface area contributed by atoms with Crippen molar-refractivity contribution in [3.63, 3.8) is 0 Å². The van der Waals surface area contributed by atoms with Gasteiger partial charge in [0, 0.05) is 13.1 Å². The Morgan fingerprint density at radius 2 is 1.85 bits per heavy atom. The van der Waals surface area contributed by atoms with Crippen molar-refractivity contribution in [3.05, 3.63) is 24.0 Å². The molecule has 1 heterocycles. The molecule has 0 bridgehead atoms. The van der Waals surface area contributed by atoms with Crippen LogP contribution in [0.4, 0.5) is 4.39 Å². The largest absolute Gasteiger partial charge is 0.495 e. The lowest BCUT2D eigenvalue weighted by molar-refractivity contribution is 0.222. The van der Waals surface area contributed by atoms with E-state index in [1.54, 1.807) is 0 Å². The summed E-state index contributed by atoms with van der Waals surface area (Å²) in [5, 5.41) is 0. The minimum absolute atomic E-state index is 0.0960. The van der Waals surface area contributed by atoms with Gasteiger partial charge in [-0.2, -0.15) is 4.31 Å². The van der Waals surface area contributed by atoms with Gasteiger partial charge in [0.05, 0.1) is 7.11 Å². The summed E-state index contributed by atoms with van der Waals surface area (Å²) >= 11 is 0. The second kappa shape index (κ2) is 5.69. The van der Waals surface area contributed by atoms with Crippen LogP contribution in [0.15, 0.2) is 23.1 Å². The number of ether oxygens (including phenoxy) is 1. The van der Waals surface area contributed by atoms with Crippen molar-refractivity contribution in [1.82, 2.24) is 4.31 Å². The van der Waals surface area contributed by atoms with Gasteiger partial charge in [-0.3, -0.25) is 0 Å². The van der Waals surface area contributed by atoms with E-state index in [1.165, 1.54) is 23.5 Å². The van der Waals surface area contributed by atoms with Gasteiger partial charge in [0.25, 0.3) is 0 Å². The third-order valence-electron chi connectivity index (χ3n) is 3.58. The Bertz CT molecular complexity index is 578. The summed E-state index contributed by atoms with van der Waals surface area (Å²) in [5.41, 5.74) is 0. The fourth-order valence-corrected chi connectivity index (χ4v) is 4.64. The number of methoxy groups -OCH3 is 1. The predicted octanol–water partition coefficient (Wildman–Crippen LogP) is 2.50. The third kappa shape index (κ3) is 2.96. The summed E-state index contributed by atoms with van der Waals surface area (Å²) < 4.78 is 45.3. The molecule has 0 spiro atoms. The van der Waals surface area contributed by atoms with Gasteiger partial charge in [-0.05, 0) is 36.5 Å². The molecule has 0 N–H and O–H groups in total. The summed E-state index contributed by atoms with van der Waals surface area (Å²) in [6, 6.07) is 3.57. The van der Waals surface area contributed by atoms with E-state index in [2.05, 4.69) is 0 Å². The summed E-state index contributed by atoms with van der Waals surface area (Å²) in [7, 11) is -2.34. The molecule has 2 rings (SSSR count).